The van der Waals surface area contributed by atoms with Crippen molar-refractivity contribution in [1.82, 2.24) is 5.32 Å². The van der Waals surface area contributed by atoms with Gasteiger partial charge in [-0.05, 0) is 38.1 Å². The van der Waals surface area contributed by atoms with Crippen LogP contribution in [0, 0.1) is 5.82 Å². The Balaban J connectivity index is 1.93. The number of furan rings is 1. The number of para-hydroxylation sites is 1. The zero-order valence-electron chi connectivity index (χ0n) is 10.1. The first-order chi connectivity index (χ1) is 8.31. The zero-order valence-corrected chi connectivity index (χ0v) is 10.1. The minimum absolute atomic E-state index is 0.280. The zero-order chi connectivity index (χ0) is 12.1. The largest absolute Gasteiger partial charge is 0.458 e. The van der Waals surface area contributed by atoms with Crippen molar-refractivity contribution in [3.05, 3.63) is 35.8 Å². The second kappa shape index (κ2) is 5.82. The second-order valence-corrected chi connectivity index (χ2v) is 4.22. The van der Waals surface area contributed by atoms with Crippen molar-refractivity contribution in [3.63, 3.8) is 0 Å². The van der Waals surface area contributed by atoms with Gasteiger partial charge in [0.25, 0.3) is 0 Å². The molecule has 0 amide bonds. The van der Waals surface area contributed by atoms with Crippen LogP contribution in [0.2, 0.25) is 0 Å². The molecule has 1 aromatic carbocycles. The quantitative estimate of drug-likeness (QED) is 0.775. The molecular weight excluding hydrogens is 217 g/mol. The average Bonchev–Trinajstić information content (AvgIpc) is 2.73. The van der Waals surface area contributed by atoms with E-state index in [1.54, 1.807) is 6.07 Å². The van der Waals surface area contributed by atoms with Gasteiger partial charge in [0.15, 0.2) is 11.4 Å². The summed E-state index contributed by atoms with van der Waals surface area (Å²) >= 11 is 0. The predicted octanol–water partition coefficient (Wildman–Crippen LogP) is 3.50. The minimum Gasteiger partial charge on any atom is -0.458 e. The molecule has 1 aromatic heterocycles. The number of rotatable bonds is 6. The summed E-state index contributed by atoms with van der Waals surface area (Å²) in [5, 5.41) is 4.18. The van der Waals surface area contributed by atoms with Crippen LogP contribution in [-0.4, -0.2) is 13.1 Å². The topological polar surface area (TPSA) is 25.2 Å². The number of aryl methyl sites for hydroxylation is 1. The molecule has 2 nitrogen and oxygen atoms in total. The number of halogens is 1. The summed E-state index contributed by atoms with van der Waals surface area (Å²) in [5.74, 6) is 0.584. The number of hydrogen-bond donors (Lipinski definition) is 1. The molecule has 0 fully saturated rings. The molecule has 92 valence electrons. The first-order valence-electron chi connectivity index (χ1n) is 6.19. The fourth-order valence-corrected chi connectivity index (χ4v) is 1.89. The van der Waals surface area contributed by atoms with Crippen LogP contribution in [-0.2, 0) is 6.42 Å². The lowest BCUT2D eigenvalue weighted by Gasteiger charge is -2.00. The highest BCUT2D eigenvalue weighted by Gasteiger charge is 2.07. The SMILES string of the molecule is CCCNCCCc1cc2cccc(F)c2o1. The Morgan fingerprint density at radius 1 is 1.29 bits per heavy atom. The molecular formula is C14H18FNO. The van der Waals surface area contributed by atoms with Crippen LogP contribution in [0.25, 0.3) is 11.0 Å². The first kappa shape index (κ1) is 12.1. The predicted molar refractivity (Wildman–Crippen MR) is 67.7 cm³/mol. The van der Waals surface area contributed by atoms with Crippen LogP contribution >= 0.6 is 0 Å². The molecule has 0 aliphatic carbocycles. The minimum atomic E-state index is -0.280. The van der Waals surface area contributed by atoms with E-state index < -0.39 is 0 Å². The molecule has 17 heavy (non-hydrogen) atoms. The fraction of sp³-hybridized carbons (Fsp3) is 0.429. The molecule has 1 heterocycles. The van der Waals surface area contributed by atoms with Gasteiger partial charge in [0, 0.05) is 11.8 Å². The maximum atomic E-state index is 13.4. The summed E-state index contributed by atoms with van der Waals surface area (Å²) in [6, 6.07) is 6.94. The Morgan fingerprint density at radius 2 is 2.18 bits per heavy atom. The van der Waals surface area contributed by atoms with Gasteiger partial charge in [0.05, 0.1) is 0 Å². The van der Waals surface area contributed by atoms with Crippen molar-refractivity contribution >= 4 is 11.0 Å². The summed E-state index contributed by atoms with van der Waals surface area (Å²) in [7, 11) is 0. The van der Waals surface area contributed by atoms with Crippen molar-refractivity contribution in [3.8, 4) is 0 Å². The van der Waals surface area contributed by atoms with Gasteiger partial charge in [0.2, 0.25) is 0 Å². The average molecular weight is 235 g/mol. The number of benzene rings is 1. The number of hydrogen-bond acceptors (Lipinski definition) is 2. The third-order valence-electron chi connectivity index (χ3n) is 2.75. The Hall–Kier alpha value is -1.35. The van der Waals surface area contributed by atoms with Crippen molar-refractivity contribution in [2.45, 2.75) is 26.2 Å². The van der Waals surface area contributed by atoms with E-state index in [-0.39, 0.29) is 5.82 Å². The lowest BCUT2D eigenvalue weighted by Crippen LogP contribution is -2.16. The van der Waals surface area contributed by atoms with Gasteiger partial charge < -0.3 is 9.73 Å². The van der Waals surface area contributed by atoms with E-state index in [0.29, 0.717) is 5.58 Å². The number of fused-ring (bicyclic) bond motifs is 1. The Morgan fingerprint density at radius 3 is 2.94 bits per heavy atom. The Labute approximate surface area is 101 Å². The van der Waals surface area contributed by atoms with Crippen LogP contribution in [0.1, 0.15) is 25.5 Å². The van der Waals surface area contributed by atoms with Crippen molar-refractivity contribution in [1.29, 1.82) is 0 Å². The highest BCUT2D eigenvalue weighted by atomic mass is 19.1. The van der Waals surface area contributed by atoms with Gasteiger partial charge in [-0.1, -0.05) is 19.1 Å². The van der Waals surface area contributed by atoms with Crippen LogP contribution in [0.3, 0.4) is 0 Å². The maximum absolute atomic E-state index is 13.4. The molecule has 0 saturated carbocycles. The summed E-state index contributed by atoms with van der Waals surface area (Å²) in [5.41, 5.74) is 0.379. The molecule has 0 aliphatic heterocycles. The molecule has 1 N–H and O–H groups in total. The molecule has 0 unspecified atom stereocenters. The lowest BCUT2D eigenvalue weighted by atomic mass is 10.2. The van der Waals surface area contributed by atoms with E-state index >= 15 is 0 Å². The van der Waals surface area contributed by atoms with Crippen LogP contribution in [0.15, 0.2) is 28.7 Å². The van der Waals surface area contributed by atoms with Crippen molar-refractivity contribution in [2.75, 3.05) is 13.1 Å². The van der Waals surface area contributed by atoms with Crippen LogP contribution in [0.5, 0.6) is 0 Å². The van der Waals surface area contributed by atoms with Gasteiger partial charge in [-0.3, -0.25) is 0 Å². The van der Waals surface area contributed by atoms with Gasteiger partial charge in [-0.15, -0.1) is 0 Å². The van der Waals surface area contributed by atoms with Crippen LogP contribution < -0.4 is 5.32 Å². The van der Waals surface area contributed by atoms with E-state index in [1.165, 1.54) is 6.07 Å². The summed E-state index contributed by atoms with van der Waals surface area (Å²) < 4.78 is 18.9. The van der Waals surface area contributed by atoms with E-state index in [0.717, 1.165) is 43.5 Å². The molecule has 0 bridgehead atoms. The van der Waals surface area contributed by atoms with Crippen molar-refractivity contribution in [2.24, 2.45) is 0 Å². The summed E-state index contributed by atoms with van der Waals surface area (Å²) in [4.78, 5) is 0. The molecule has 2 rings (SSSR count). The molecule has 0 atom stereocenters. The monoisotopic (exact) mass is 235 g/mol. The first-order valence-corrected chi connectivity index (χ1v) is 6.19. The molecule has 2 aromatic rings. The Kier molecular flexibility index (Phi) is 4.15. The molecule has 0 saturated heterocycles. The van der Waals surface area contributed by atoms with Gasteiger partial charge in [-0.2, -0.15) is 0 Å². The molecule has 0 radical (unpaired) electrons. The van der Waals surface area contributed by atoms with E-state index in [2.05, 4.69) is 12.2 Å². The summed E-state index contributed by atoms with van der Waals surface area (Å²) in [6.45, 7) is 4.18. The van der Waals surface area contributed by atoms with Gasteiger partial charge >= 0.3 is 0 Å². The van der Waals surface area contributed by atoms with E-state index in [9.17, 15) is 4.39 Å². The highest BCUT2D eigenvalue weighted by molar-refractivity contribution is 5.78. The van der Waals surface area contributed by atoms with Crippen molar-refractivity contribution < 1.29 is 8.81 Å². The number of nitrogens with one attached hydrogen (secondary N) is 1. The van der Waals surface area contributed by atoms with E-state index in [1.807, 2.05) is 12.1 Å². The smallest absolute Gasteiger partial charge is 0.169 e. The van der Waals surface area contributed by atoms with Gasteiger partial charge in [-0.25, -0.2) is 4.39 Å². The standard InChI is InChI=1S/C14H18FNO/c1-2-8-16-9-4-6-12-10-11-5-3-7-13(15)14(11)17-12/h3,5,7,10,16H,2,4,6,8-9H2,1H3. The third-order valence-corrected chi connectivity index (χ3v) is 2.75. The van der Waals surface area contributed by atoms with Gasteiger partial charge in [0.1, 0.15) is 5.76 Å². The highest BCUT2D eigenvalue weighted by Crippen LogP contribution is 2.22. The second-order valence-electron chi connectivity index (χ2n) is 4.22. The van der Waals surface area contributed by atoms with E-state index in [4.69, 9.17) is 4.42 Å². The molecule has 0 aliphatic rings. The molecule has 3 heteroatoms. The lowest BCUT2D eigenvalue weighted by molar-refractivity contribution is 0.506. The van der Waals surface area contributed by atoms with Crippen LogP contribution in [0.4, 0.5) is 4.39 Å². The summed E-state index contributed by atoms with van der Waals surface area (Å²) in [6.07, 6.45) is 3.02. The molecule has 0 spiro atoms. The Bertz CT molecular complexity index is 478. The maximum Gasteiger partial charge on any atom is 0.169 e. The normalized spacial score (nSPS) is 11.2. The fourth-order valence-electron chi connectivity index (χ4n) is 1.89. The third kappa shape index (κ3) is 3.07.